The molecule has 0 aromatic heterocycles. The summed E-state index contributed by atoms with van der Waals surface area (Å²) in [5.74, 6) is -0.129. The minimum atomic E-state index is -3.57. The zero-order valence-corrected chi connectivity index (χ0v) is 22.6. The van der Waals surface area contributed by atoms with Crippen LogP contribution >= 0.6 is 0 Å². The predicted molar refractivity (Wildman–Crippen MR) is 134 cm³/mol. The minimum Gasteiger partial charge on any atom is -0.489 e. The van der Waals surface area contributed by atoms with Crippen molar-refractivity contribution in [2.75, 3.05) is 32.0 Å². The maximum absolute atomic E-state index is 13.2. The van der Waals surface area contributed by atoms with Crippen molar-refractivity contribution in [1.29, 1.82) is 0 Å². The van der Waals surface area contributed by atoms with Crippen molar-refractivity contribution in [2.24, 2.45) is 11.8 Å². The number of hydrogen-bond donors (Lipinski definition) is 1. The molecule has 35 heavy (non-hydrogen) atoms. The van der Waals surface area contributed by atoms with Crippen LogP contribution in [0.4, 0.5) is 9.18 Å². The molecule has 0 saturated heterocycles. The fraction of sp³-hybridized carbons (Fsp3) is 0.600. The third-order valence-corrected chi connectivity index (χ3v) is 6.84. The molecule has 1 N–H and O–H groups in total. The number of carbonyl (C=O) groups is 2. The number of alkyl carbamates (subject to hydrolysis) is 1. The molecule has 0 radical (unpaired) electrons. The molecular formula is C25H39FN2O6S. The molecular weight excluding hydrogens is 475 g/mol. The lowest BCUT2D eigenvalue weighted by molar-refractivity contribution is -0.134. The Morgan fingerprint density at radius 3 is 2.23 bits per heavy atom. The van der Waals surface area contributed by atoms with Crippen molar-refractivity contribution in [3.8, 4) is 5.75 Å². The van der Waals surface area contributed by atoms with E-state index in [4.69, 9.17) is 9.47 Å². The molecule has 0 bridgehead atoms. The number of carbonyl (C=O) groups excluding carboxylic acids is 2. The summed E-state index contributed by atoms with van der Waals surface area (Å²) >= 11 is 0. The van der Waals surface area contributed by atoms with Crippen molar-refractivity contribution < 1.29 is 31.9 Å². The number of rotatable bonds is 12. The first-order chi connectivity index (χ1) is 16.2. The molecule has 1 aromatic carbocycles. The summed E-state index contributed by atoms with van der Waals surface area (Å²) in [6.45, 7) is 13.1. The number of nitrogens with zero attached hydrogens (tertiary/aromatic N) is 1. The molecule has 2 amide bonds. The molecule has 198 valence electrons. The second-order valence-electron chi connectivity index (χ2n) is 9.80. The Morgan fingerprint density at radius 2 is 1.74 bits per heavy atom. The summed E-state index contributed by atoms with van der Waals surface area (Å²) in [6, 6.07) is 5.86. The van der Waals surface area contributed by atoms with Gasteiger partial charge in [-0.15, -0.1) is 0 Å². The van der Waals surface area contributed by atoms with Gasteiger partial charge in [0.25, 0.3) is 0 Å². The fourth-order valence-electron chi connectivity index (χ4n) is 3.18. The molecule has 0 saturated carbocycles. The van der Waals surface area contributed by atoms with Crippen molar-refractivity contribution in [3.05, 3.63) is 36.2 Å². The van der Waals surface area contributed by atoms with Gasteiger partial charge in [-0.3, -0.25) is 4.79 Å². The molecule has 0 fully saturated rings. The van der Waals surface area contributed by atoms with E-state index in [0.717, 1.165) is 0 Å². The number of ether oxygens (including phenoxy) is 2. The first-order valence-electron chi connectivity index (χ1n) is 11.7. The van der Waals surface area contributed by atoms with Crippen LogP contribution in [0.5, 0.6) is 5.75 Å². The molecule has 0 aliphatic rings. The van der Waals surface area contributed by atoms with Crippen LogP contribution in [0.15, 0.2) is 41.1 Å². The van der Waals surface area contributed by atoms with E-state index in [0.29, 0.717) is 25.2 Å². The summed E-state index contributed by atoms with van der Waals surface area (Å²) in [4.78, 5) is 25.8. The Balaban J connectivity index is 2.66. The van der Waals surface area contributed by atoms with Gasteiger partial charge < -0.3 is 19.7 Å². The van der Waals surface area contributed by atoms with Crippen LogP contribution in [0.2, 0.25) is 0 Å². The lowest BCUT2D eigenvalue weighted by Crippen LogP contribution is -2.38. The first kappa shape index (κ1) is 30.4. The number of hydrogen-bond acceptors (Lipinski definition) is 6. The van der Waals surface area contributed by atoms with Crippen molar-refractivity contribution in [1.82, 2.24) is 10.2 Å². The Kier molecular flexibility index (Phi) is 11.7. The highest BCUT2D eigenvalue weighted by atomic mass is 32.2. The van der Waals surface area contributed by atoms with E-state index in [2.05, 4.69) is 5.32 Å². The highest BCUT2D eigenvalue weighted by Gasteiger charge is 2.23. The molecule has 8 nitrogen and oxygen atoms in total. The summed E-state index contributed by atoms with van der Waals surface area (Å²) in [5.41, 5.74) is -0.487. The van der Waals surface area contributed by atoms with E-state index >= 15 is 0 Å². The zero-order valence-electron chi connectivity index (χ0n) is 21.8. The molecule has 1 rings (SSSR count). The van der Waals surface area contributed by atoms with E-state index in [1.165, 1.54) is 24.3 Å². The van der Waals surface area contributed by atoms with Gasteiger partial charge in [-0.1, -0.05) is 20.8 Å². The van der Waals surface area contributed by atoms with E-state index < -0.39 is 21.5 Å². The number of sulfone groups is 1. The van der Waals surface area contributed by atoms with Crippen LogP contribution in [0.3, 0.4) is 0 Å². The predicted octanol–water partition coefficient (Wildman–Crippen LogP) is 4.36. The molecule has 0 aliphatic heterocycles. The van der Waals surface area contributed by atoms with Gasteiger partial charge in [0.1, 0.15) is 18.0 Å². The second kappa shape index (κ2) is 13.5. The second-order valence-corrected chi connectivity index (χ2v) is 11.8. The molecule has 1 aromatic rings. The molecule has 1 atom stereocenters. The van der Waals surface area contributed by atoms with Gasteiger partial charge >= 0.3 is 6.09 Å². The normalized spacial score (nSPS) is 13.3. The molecule has 0 spiro atoms. The average Bonchev–Trinajstić information content (AvgIpc) is 2.75. The largest absolute Gasteiger partial charge is 0.489 e. The highest BCUT2D eigenvalue weighted by Crippen LogP contribution is 2.20. The van der Waals surface area contributed by atoms with Crippen molar-refractivity contribution in [2.45, 2.75) is 59.0 Å². The first-order valence-corrected chi connectivity index (χ1v) is 13.3. The van der Waals surface area contributed by atoms with Gasteiger partial charge in [-0.05, 0) is 57.9 Å². The number of halogens is 1. The fourth-order valence-corrected chi connectivity index (χ4v) is 4.78. The standard InChI is InChI=1S/C25H39FN2O6S/c1-8-28(23(29)18(2)3)15-19(4)17-35(31,32)22-11-9-21(10-12-22)33-16-20(13-26)14-27-24(30)34-25(5,6)7/h9-13,18-19H,8,14-17H2,1-7H3,(H,27,30)/b20-13+. The number of nitrogens with one attached hydrogen (secondary N) is 1. The lowest BCUT2D eigenvalue weighted by atomic mass is 10.1. The Labute approximate surface area is 208 Å². The van der Waals surface area contributed by atoms with E-state index in [9.17, 15) is 22.4 Å². The van der Waals surface area contributed by atoms with Crippen LogP contribution in [-0.2, 0) is 19.4 Å². The monoisotopic (exact) mass is 514 g/mol. The van der Waals surface area contributed by atoms with Gasteiger partial charge in [0.05, 0.1) is 17.0 Å². The van der Waals surface area contributed by atoms with Gasteiger partial charge in [0.2, 0.25) is 5.91 Å². The van der Waals surface area contributed by atoms with E-state index in [1.807, 2.05) is 20.8 Å². The van der Waals surface area contributed by atoms with Crippen LogP contribution in [-0.4, -0.2) is 62.9 Å². The molecule has 10 heteroatoms. The van der Waals surface area contributed by atoms with Crippen molar-refractivity contribution in [3.63, 3.8) is 0 Å². The number of benzene rings is 1. The summed E-state index contributed by atoms with van der Waals surface area (Å²) < 4.78 is 49.4. The Morgan fingerprint density at radius 1 is 1.14 bits per heavy atom. The zero-order chi connectivity index (χ0) is 26.8. The van der Waals surface area contributed by atoms with Gasteiger partial charge in [-0.25, -0.2) is 17.6 Å². The Hall–Kier alpha value is -2.62. The van der Waals surface area contributed by atoms with E-state index in [1.54, 1.807) is 32.6 Å². The third-order valence-electron chi connectivity index (χ3n) is 4.84. The lowest BCUT2D eigenvalue weighted by Gasteiger charge is -2.26. The molecule has 0 heterocycles. The average molecular weight is 515 g/mol. The van der Waals surface area contributed by atoms with Gasteiger partial charge in [-0.2, -0.15) is 0 Å². The third kappa shape index (κ3) is 11.1. The van der Waals surface area contributed by atoms with E-state index in [-0.39, 0.29) is 47.1 Å². The van der Waals surface area contributed by atoms with Gasteiger partial charge in [0.15, 0.2) is 9.84 Å². The summed E-state index contributed by atoms with van der Waals surface area (Å²) in [5, 5.41) is 2.45. The maximum Gasteiger partial charge on any atom is 0.407 e. The van der Waals surface area contributed by atoms with Crippen LogP contribution in [0.25, 0.3) is 0 Å². The summed E-state index contributed by atoms with van der Waals surface area (Å²) in [6.07, 6.45) is -0.322. The molecule has 0 aliphatic carbocycles. The smallest absolute Gasteiger partial charge is 0.407 e. The topological polar surface area (TPSA) is 102 Å². The Bertz CT molecular complexity index is 969. The molecule has 1 unspecified atom stereocenters. The number of amides is 2. The summed E-state index contributed by atoms with van der Waals surface area (Å²) in [7, 11) is -3.57. The highest BCUT2D eigenvalue weighted by molar-refractivity contribution is 7.91. The minimum absolute atomic E-state index is 0.00115. The van der Waals surface area contributed by atoms with Gasteiger partial charge in [0, 0.05) is 31.1 Å². The van der Waals surface area contributed by atoms with Crippen LogP contribution in [0.1, 0.15) is 48.5 Å². The van der Waals surface area contributed by atoms with Crippen molar-refractivity contribution >= 4 is 21.8 Å². The maximum atomic E-state index is 13.2. The van der Waals surface area contributed by atoms with Crippen LogP contribution < -0.4 is 10.1 Å². The SMILES string of the molecule is CCN(CC(C)CS(=O)(=O)c1ccc(OC/C(=C/F)CNC(=O)OC(C)(C)C)cc1)C(=O)C(C)C. The van der Waals surface area contributed by atoms with Crippen LogP contribution in [0, 0.1) is 11.8 Å². The quantitative estimate of drug-likeness (QED) is 0.445.